The lowest BCUT2D eigenvalue weighted by Crippen LogP contribution is -2.06. The normalized spacial score (nSPS) is 9.42. The maximum absolute atomic E-state index is 10.9. The summed E-state index contributed by atoms with van der Waals surface area (Å²) in [6.45, 7) is 0. The van der Waals surface area contributed by atoms with Crippen molar-refractivity contribution < 1.29 is 14.7 Å². The molecule has 62 valence electrons. The summed E-state index contributed by atoms with van der Waals surface area (Å²) < 4.78 is 0. The number of phenols is 1. The van der Waals surface area contributed by atoms with Gasteiger partial charge < -0.3 is 5.11 Å². The van der Waals surface area contributed by atoms with Crippen molar-refractivity contribution in [2.24, 2.45) is 0 Å². The summed E-state index contributed by atoms with van der Waals surface area (Å²) in [5.74, 6) is -0.731. The van der Waals surface area contributed by atoms with E-state index in [9.17, 15) is 9.59 Å². The molecule has 0 aliphatic carbocycles. The van der Waals surface area contributed by atoms with Crippen LogP contribution >= 0.6 is 11.6 Å². The fourth-order valence-corrected chi connectivity index (χ4v) is 0.835. The van der Waals surface area contributed by atoms with Crippen molar-refractivity contribution in [3.05, 3.63) is 29.8 Å². The SMILES string of the molecule is O=C(Cl)C(=O)c1ccc(O)cc1. The lowest BCUT2D eigenvalue weighted by Gasteiger charge is -1.94. The Labute approximate surface area is 73.6 Å². The molecule has 12 heavy (non-hydrogen) atoms. The third-order valence-corrected chi connectivity index (χ3v) is 1.48. The van der Waals surface area contributed by atoms with E-state index < -0.39 is 11.0 Å². The first-order valence-electron chi connectivity index (χ1n) is 3.14. The maximum atomic E-state index is 10.9. The zero-order chi connectivity index (χ0) is 9.14. The first-order chi connectivity index (χ1) is 5.61. The van der Waals surface area contributed by atoms with E-state index in [0.717, 1.165) is 0 Å². The minimum atomic E-state index is -1.03. The van der Waals surface area contributed by atoms with E-state index in [-0.39, 0.29) is 11.3 Å². The van der Waals surface area contributed by atoms with E-state index >= 15 is 0 Å². The summed E-state index contributed by atoms with van der Waals surface area (Å²) in [6, 6.07) is 5.29. The summed E-state index contributed by atoms with van der Waals surface area (Å²) >= 11 is 4.95. The van der Waals surface area contributed by atoms with E-state index in [2.05, 4.69) is 0 Å². The van der Waals surface area contributed by atoms with Gasteiger partial charge in [-0.1, -0.05) is 0 Å². The van der Waals surface area contributed by atoms with Gasteiger partial charge in [0.15, 0.2) is 0 Å². The minimum absolute atomic E-state index is 0.0357. The number of halogens is 1. The van der Waals surface area contributed by atoms with Crippen LogP contribution in [0, 0.1) is 0 Å². The second-order valence-electron chi connectivity index (χ2n) is 2.15. The Morgan fingerprint density at radius 2 is 1.67 bits per heavy atom. The molecule has 0 aliphatic heterocycles. The Hall–Kier alpha value is -1.35. The highest BCUT2D eigenvalue weighted by atomic mass is 35.5. The van der Waals surface area contributed by atoms with E-state index in [1.165, 1.54) is 24.3 Å². The van der Waals surface area contributed by atoms with Crippen molar-refractivity contribution in [2.75, 3.05) is 0 Å². The van der Waals surface area contributed by atoms with Crippen LogP contribution in [-0.4, -0.2) is 16.1 Å². The second-order valence-corrected chi connectivity index (χ2v) is 2.49. The molecule has 0 unspecified atom stereocenters. The topological polar surface area (TPSA) is 54.4 Å². The number of hydrogen-bond acceptors (Lipinski definition) is 3. The monoisotopic (exact) mass is 184 g/mol. The highest BCUT2D eigenvalue weighted by molar-refractivity contribution is 6.83. The third kappa shape index (κ3) is 1.83. The first kappa shape index (κ1) is 8.74. The molecule has 1 N–H and O–H groups in total. The average molecular weight is 185 g/mol. The number of ketones is 1. The Morgan fingerprint density at radius 1 is 1.17 bits per heavy atom. The van der Waals surface area contributed by atoms with Crippen LogP contribution in [0.4, 0.5) is 0 Å². The molecule has 0 amide bonds. The van der Waals surface area contributed by atoms with E-state index in [4.69, 9.17) is 16.7 Å². The molecule has 0 spiro atoms. The lowest BCUT2D eigenvalue weighted by molar-refractivity contribution is -0.108. The number of hydrogen-bond donors (Lipinski definition) is 1. The van der Waals surface area contributed by atoms with Crippen LogP contribution in [0.5, 0.6) is 5.75 Å². The molecule has 3 nitrogen and oxygen atoms in total. The van der Waals surface area contributed by atoms with Crippen LogP contribution in [0.1, 0.15) is 10.4 Å². The number of benzene rings is 1. The molecule has 0 fully saturated rings. The first-order valence-corrected chi connectivity index (χ1v) is 3.52. The quantitative estimate of drug-likeness (QED) is 0.429. The summed E-state index contributed by atoms with van der Waals surface area (Å²) in [5, 5.41) is 7.82. The molecule has 1 aromatic rings. The standard InChI is InChI=1S/C8H5ClO3/c9-8(12)7(11)5-1-3-6(10)4-2-5/h1-4,10H. The molecule has 1 aromatic carbocycles. The van der Waals surface area contributed by atoms with Gasteiger partial charge in [-0.2, -0.15) is 0 Å². The van der Waals surface area contributed by atoms with E-state index in [1.54, 1.807) is 0 Å². The van der Waals surface area contributed by atoms with Crippen LogP contribution in [0.15, 0.2) is 24.3 Å². The molecular formula is C8H5ClO3. The summed E-state index contributed by atoms with van der Waals surface area (Å²) in [6.07, 6.45) is 0. The average Bonchev–Trinajstić information content (AvgIpc) is 2.04. The van der Waals surface area contributed by atoms with Crippen LogP contribution in [0.25, 0.3) is 0 Å². The van der Waals surface area contributed by atoms with Gasteiger partial charge in [-0.05, 0) is 35.9 Å². The third-order valence-electron chi connectivity index (χ3n) is 1.31. The highest BCUT2D eigenvalue weighted by Crippen LogP contribution is 2.10. The van der Waals surface area contributed by atoms with Crippen molar-refractivity contribution in [3.63, 3.8) is 0 Å². The number of carbonyl (C=O) groups excluding carboxylic acids is 2. The van der Waals surface area contributed by atoms with Gasteiger partial charge in [-0.3, -0.25) is 9.59 Å². The van der Waals surface area contributed by atoms with Crippen molar-refractivity contribution in [1.29, 1.82) is 0 Å². The van der Waals surface area contributed by atoms with Crippen LogP contribution in [0.3, 0.4) is 0 Å². The van der Waals surface area contributed by atoms with Crippen LogP contribution in [0.2, 0.25) is 0 Å². The molecular weight excluding hydrogens is 180 g/mol. The van der Waals surface area contributed by atoms with Crippen molar-refractivity contribution in [3.8, 4) is 5.75 Å². The second kappa shape index (κ2) is 3.36. The highest BCUT2D eigenvalue weighted by Gasteiger charge is 2.12. The number of rotatable bonds is 2. The molecule has 4 heteroatoms. The van der Waals surface area contributed by atoms with Gasteiger partial charge >= 0.3 is 0 Å². The van der Waals surface area contributed by atoms with E-state index in [0.29, 0.717) is 0 Å². The Kier molecular flexibility index (Phi) is 2.45. The smallest absolute Gasteiger partial charge is 0.293 e. The Balaban J connectivity index is 2.98. The van der Waals surface area contributed by atoms with Gasteiger partial charge in [0.05, 0.1) is 0 Å². The largest absolute Gasteiger partial charge is 0.508 e. The van der Waals surface area contributed by atoms with E-state index in [1.807, 2.05) is 0 Å². The lowest BCUT2D eigenvalue weighted by atomic mass is 10.1. The summed E-state index contributed by atoms with van der Waals surface area (Å²) in [7, 11) is 0. The molecule has 0 saturated carbocycles. The molecule has 0 radical (unpaired) electrons. The van der Waals surface area contributed by atoms with Crippen molar-refractivity contribution >= 4 is 22.6 Å². The number of aromatic hydroxyl groups is 1. The molecule has 0 aromatic heterocycles. The Morgan fingerprint density at radius 3 is 2.08 bits per heavy atom. The predicted octanol–water partition coefficient (Wildman–Crippen LogP) is 1.34. The Bertz CT molecular complexity index is 316. The summed E-state index contributed by atoms with van der Waals surface area (Å²) in [4.78, 5) is 21.3. The maximum Gasteiger partial charge on any atom is 0.293 e. The minimum Gasteiger partial charge on any atom is -0.508 e. The molecule has 0 heterocycles. The molecule has 0 atom stereocenters. The van der Waals surface area contributed by atoms with Crippen LogP contribution < -0.4 is 0 Å². The van der Waals surface area contributed by atoms with Crippen molar-refractivity contribution in [2.45, 2.75) is 0 Å². The zero-order valence-corrected chi connectivity index (χ0v) is 6.71. The molecule has 1 rings (SSSR count). The van der Waals surface area contributed by atoms with Gasteiger partial charge in [0.25, 0.3) is 5.24 Å². The van der Waals surface area contributed by atoms with Gasteiger partial charge in [-0.15, -0.1) is 0 Å². The summed E-state index contributed by atoms with van der Waals surface area (Å²) in [5.41, 5.74) is 0.174. The predicted molar refractivity (Wildman–Crippen MR) is 43.3 cm³/mol. The molecule has 0 saturated heterocycles. The van der Waals surface area contributed by atoms with Gasteiger partial charge in [0, 0.05) is 5.56 Å². The van der Waals surface area contributed by atoms with Gasteiger partial charge in [0.2, 0.25) is 5.78 Å². The van der Waals surface area contributed by atoms with Gasteiger partial charge in [0.1, 0.15) is 5.75 Å². The number of phenolic OH excluding ortho intramolecular Hbond substituents is 1. The van der Waals surface area contributed by atoms with Crippen molar-refractivity contribution in [1.82, 2.24) is 0 Å². The fraction of sp³-hybridized carbons (Fsp3) is 0. The fourth-order valence-electron chi connectivity index (χ4n) is 0.726. The van der Waals surface area contributed by atoms with Gasteiger partial charge in [-0.25, -0.2) is 0 Å². The molecule has 0 bridgehead atoms. The number of Topliss-reactive ketones (excluding diaryl/α,β-unsaturated/α-hetero) is 1. The molecule has 0 aliphatic rings. The van der Waals surface area contributed by atoms with Crippen LogP contribution in [-0.2, 0) is 4.79 Å². The number of carbonyl (C=O) groups is 2. The zero-order valence-electron chi connectivity index (χ0n) is 5.95.